The molecule has 0 saturated carbocycles. The van der Waals surface area contributed by atoms with E-state index in [1.807, 2.05) is 0 Å². The Labute approximate surface area is 138 Å². The van der Waals surface area contributed by atoms with Crippen LogP contribution in [0.2, 0.25) is 13.1 Å². The molecule has 0 aliphatic carbocycles. The maximum Gasteiger partial charge on any atom is 0.269 e. The summed E-state index contributed by atoms with van der Waals surface area (Å²) in [5, 5.41) is 2.68. The van der Waals surface area contributed by atoms with E-state index in [9.17, 15) is 0 Å². The molecule has 1 nitrogen and oxygen atoms in total. The fraction of sp³-hybridized carbons (Fsp3) is 0.263. The average molecular weight is 324 g/mol. The molecule has 0 saturated heterocycles. The summed E-state index contributed by atoms with van der Waals surface area (Å²) in [6.07, 6.45) is 0.261. The van der Waals surface area contributed by atoms with Crippen molar-refractivity contribution in [1.29, 1.82) is 0 Å². The molecule has 3 radical (unpaired) electrons. The van der Waals surface area contributed by atoms with Crippen LogP contribution in [-0.2, 0) is 4.43 Å². The summed E-state index contributed by atoms with van der Waals surface area (Å²) in [6, 6.07) is 17.4. The predicted molar refractivity (Wildman–Crippen MR) is 99.7 cm³/mol. The lowest BCUT2D eigenvalue weighted by molar-refractivity contribution is 0.260. The van der Waals surface area contributed by atoms with Gasteiger partial charge in [-0.15, -0.1) is 0 Å². The minimum absolute atomic E-state index is 0.261. The molecule has 0 amide bonds. The molecule has 0 atom stereocenters. The van der Waals surface area contributed by atoms with Gasteiger partial charge in [0.2, 0.25) is 0 Å². The van der Waals surface area contributed by atoms with Crippen molar-refractivity contribution in [3.8, 4) is 0 Å². The molecule has 0 heterocycles. The number of rotatable bonds is 6. The van der Waals surface area contributed by atoms with Crippen molar-refractivity contribution < 1.29 is 4.43 Å². The Kier molecular flexibility index (Phi) is 5.94. The third kappa shape index (κ3) is 4.53. The van der Waals surface area contributed by atoms with E-state index in [0.29, 0.717) is 9.76 Å². The van der Waals surface area contributed by atoms with Crippen molar-refractivity contribution in [1.82, 2.24) is 0 Å². The van der Waals surface area contributed by atoms with E-state index < -0.39 is 0 Å². The van der Waals surface area contributed by atoms with Crippen molar-refractivity contribution >= 4 is 34.5 Å². The van der Waals surface area contributed by atoms with Crippen LogP contribution in [0.15, 0.2) is 55.1 Å². The molecular formula is C19H23OSi2. The van der Waals surface area contributed by atoms with Crippen LogP contribution in [-0.4, -0.2) is 24.7 Å². The Morgan fingerprint density at radius 3 is 2.32 bits per heavy atom. The van der Waals surface area contributed by atoms with Gasteiger partial charge in [0.05, 0.1) is 8.80 Å². The Morgan fingerprint density at radius 1 is 1.05 bits per heavy atom. The van der Waals surface area contributed by atoms with Gasteiger partial charge in [0.1, 0.15) is 0 Å². The molecular weight excluding hydrogens is 300 g/mol. The van der Waals surface area contributed by atoms with E-state index in [1.165, 1.54) is 21.5 Å². The van der Waals surface area contributed by atoms with Gasteiger partial charge < -0.3 is 4.43 Å². The molecule has 0 aliphatic heterocycles. The summed E-state index contributed by atoms with van der Waals surface area (Å²) in [5.74, 6) is 0. The van der Waals surface area contributed by atoms with Crippen molar-refractivity contribution in [2.45, 2.75) is 33.0 Å². The molecule has 0 unspecified atom stereocenters. The molecule has 0 spiro atoms. The third-order valence-electron chi connectivity index (χ3n) is 3.43. The molecule has 2 rings (SSSR count). The van der Waals surface area contributed by atoms with Crippen molar-refractivity contribution in [3.05, 3.63) is 66.2 Å². The molecule has 2 aromatic rings. The highest BCUT2D eigenvalue weighted by molar-refractivity contribution is 6.70. The van der Waals surface area contributed by atoms with E-state index in [1.54, 1.807) is 0 Å². The summed E-state index contributed by atoms with van der Waals surface area (Å²) in [6.45, 7) is 13.0. The van der Waals surface area contributed by atoms with Gasteiger partial charge in [0.15, 0.2) is 0 Å². The molecule has 22 heavy (non-hydrogen) atoms. The standard InChI is InChI=1S/C19H23OSi2/c1-14(2)20-21-18-8-6-7-17(13-18)15(3)16-9-11-19(12-10-16)22(4)5/h6-14H,3H2,1-2,4-5H3. The first-order valence-electron chi connectivity index (χ1n) is 7.59. The van der Waals surface area contributed by atoms with Gasteiger partial charge in [-0.3, -0.25) is 0 Å². The van der Waals surface area contributed by atoms with Gasteiger partial charge in [0, 0.05) is 6.10 Å². The van der Waals surface area contributed by atoms with Gasteiger partial charge in [0.25, 0.3) is 9.76 Å². The van der Waals surface area contributed by atoms with E-state index in [2.05, 4.69) is 82.1 Å². The van der Waals surface area contributed by atoms with E-state index in [0.717, 1.165) is 5.57 Å². The monoisotopic (exact) mass is 323 g/mol. The largest absolute Gasteiger partial charge is 0.409 e. The average Bonchev–Trinajstić information content (AvgIpc) is 2.52. The van der Waals surface area contributed by atoms with Gasteiger partial charge in [-0.1, -0.05) is 73.4 Å². The second-order valence-electron chi connectivity index (χ2n) is 5.91. The van der Waals surface area contributed by atoms with Crippen LogP contribution in [0.25, 0.3) is 5.57 Å². The van der Waals surface area contributed by atoms with Crippen LogP contribution in [0.4, 0.5) is 0 Å². The number of benzene rings is 2. The fourth-order valence-electron chi connectivity index (χ4n) is 2.13. The van der Waals surface area contributed by atoms with Crippen molar-refractivity contribution in [2.24, 2.45) is 0 Å². The van der Waals surface area contributed by atoms with Crippen LogP contribution >= 0.6 is 0 Å². The lowest BCUT2D eigenvalue weighted by Crippen LogP contribution is -2.22. The van der Waals surface area contributed by atoms with Crippen LogP contribution in [0.5, 0.6) is 0 Å². The minimum atomic E-state index is -0.385. The smallest absolute Gasteiger partial charge is 0.269 e. The summed E-state index contributed by atoms with van der Waals surface area (Å²) in [7, 11) is 0.00408. The van der Waals surface area contributed by atoms with Crippen LogP contribution in [0.3, 0.4) is 0 Å². The van der Waals surface area contributed by atoms with Crippen molar-refractivity contribution in [3.63, 3.8) is 0 Å². The Bertz CT molecular complexity index is 630. The quantitative estimate of drug-likeness (QED) is 0.741. The van der Waals surface area contributed by atoms with Crippen LogP contribution in [0.1, 0.15) is 25.0 Å². The SMILES string of the molecule is C=C(c1ccc([Si](C)C)cc1)c1cccc([Si]OC(C)C)c1. The molecule has 0 N–H and O–H groups in total. The molecule has 0 fully saturated rings. The summed E-state index contributed by atoms with van der Waals surface area (Å²) >= 11 is 0. The third-order valence-corrected chi connectivity index (χ3v) is 6.06. The fourth-order valence-corrected chi connectivity index (χ4v) is 3.71. The maximum atomic E-state index is 5.71. The molecule has 3 heteroatoms. The van der Waals surface area contributed by atoms with Gasteiger partial charge >= 0.3 is 0 Å². The molecule has 0 aromatic heterocycles. The topological polar surface area (TPSA) is 9.23 Å². The lowest BCUT2D eigenvalue weighted by Gasteiger charge is -2.11. The van der Waals surface area contributed by atoms with E-state index in [4.69, 9.17) is 4.43 Å². The second-order valence-corrected chi connectivity index (χ2v) is 9.50. The highest BCUT2D eigenvalue weighted by Crippen LogP contribution is 2.19. The first kappa shape index (κ1) is 16.9. The molecule has 113 valence electrons. The zero-order chi connectivity index (χ0) is 16.1. The summed E-state index contributed by atoms with van der Waals surface area (Å²) < 4.78 is 5.71. The maximum absolute atomic E-state index is 5.71. The first-order chi connectivity index (χ1) is 10.5. The van der Waals surface area contributed by atoms with Crippen molar-refractivity contribution in [2.75, 3.05) is 0 Å². The van der Waals surface area contributed by atoms with Gasteiger partial charge in [-0.2, -0.15) is 0 Å². The van der Waals surface area contributed by atoms with Crippen LogP contribution < -0.4 is 10.4 Å². The summed E-state index contributed by atoms with van der Waals surface area (Å²) in [4.78, 5) is 0. The molecule has 2 aromatic carbocycles. The molecule has 0 aliphatic rings. The highest BCUT2D eigenvalue weighted by atomic mass is 28.3. The van der Waals surface area contributed by atoms with E-state index in [-0.39, 0.29) is 14.9 Å². The summed E-state index contributed by atoms with van der Waals surface area (Å²) in [5.41, 5.74) is 3.43. The lowest BCUT2D eigenvalue weighted by atomic mass is 10.00. The zero-order valence-electron chi connectivity index (χ0n) is 13.8. The second kappa shape index (κ2) is 7.72. The minimum Gasteiger partial charge on any atom is -0.409 e. The Morgan fingerprint density at radius 2 is 1.73 bits per heavy atom. The van der Waals surface area contributed by atoms with Gasteiger partial charge in [-0.05, 0) is 35.7 Å². The normalized spacial score (nSPS) is 11.2. The number of hydrogen-bond donors (Lipinski definition) is 0. The number of hydrogen-bond acceptors (Lipinski definition) is 1. The Balaban J connectivity index is 2.16. The van der Waals surface area contributed by atoms with Crippen LogP contribution in [0, 0.1) is 0 Å². The molecule has 0 bridgehead atoms. The van der Waals surface area contributed by atoms with Gasteiger partial charge in [-0.25, -0.2) is 0 Å². The highest BCUT2D eigenvalue weighted by Gasteiger charge is 2.07. The van der Waals surface area contributed by atoms with E-state index >= 15 is 0 Å². The first-order valence-corrected chi connectivity index (χ1v) is 11.0. The Hall–Kier alpha value is -1.43. The zero-order valence-corrected chi connectivity index (χ0v) is 15.8. The predicted octanol–water partition coefficient (Wildman–Crippen LogP) is 3.38.